The molecule has 1 heterocycles. The molecule has 3 atom stereocenters. The van der Waals surface area contributed by atoms with Gasteiger partial charge < -0.3 is 24.4 Å². The first-order valence-electron chi connectivity index (χ1n) is 11.4. The van der Waals surface area contributed by atoms with Crippen molar-refractivity contribution in [3.8, 4) is 5.75 Å². The lowest BCUT2D eigenvalue weighted by atomic mass is 9.98. The molecule has 0 aliphatic carbocycles. The lowest BCUT2D eigenvalue weighted by molar-refractivity contribution is -0.309. The molecule has 1 aromatic heterocycles. The Hall–Kier alpha value is -3.61. The van der Waals surface area contributed by atoms with Gasteiger partial charge in [0, 0.05) is 22.9 Å². The van der Waals surface area contributed by atoms with Gasteiger partial charge in [-0.1, -0.05) is 50.6 Å². The Morgan fingerprint density at radius 3 is 2.35 bits per heavy atom. The first-order valence-corrected chi connectivity index (χ1v) is 11.4. The van der Waals surface area contributed by atoms with Crippen molar-refractivity contribution < 1.29 is 23.8 Å². The maximum absolute atomic E-state index is 12.8. The van der Waals surface area contributed by atoms with Gasteiger partial charge in [0.25, 0.3) is 5.91 Å². The molecule has 0 fully saturated rings. The van der Waals surface area contributed by atoms with E-state index in [1.54, 1.807) is 26.0 Å². The number of rotatable bonds is 9. The van der Waals surface area contributed by atoms with Crippen molar-refractivity contribution in [1.82, 2.24) is 5.32 Å². The smallest absolute Gasteiger partial charge is 0.340 e. The topological polar surface area (TPSA) is 109 Å². The minimum absolute atomic E-state index is 0.286. The quantitative estimate of drug-likeness (QED) is 0.488. The summed E-state index contributed by atoms with van der Waals surface area (Å²) < 4.78 is 11.5. The van der Waals surface area contributed by atoms with Gasteiger partial charge in [0.1, 0.15) is 11.3 Å². The molecule has 180 valence electrons. The van der Waals surface area contributed by atoms with E-state index in [2.05, 4.69) is 5.32 Å². The monoisotopic (exact) mass is 464 g/mol. The van der Waals surface area contributed by atoms with E-state index in [9.17, 15) is 19.5 Å². The minimum atomic E-state index is -1.33. The first-order chi connectivity index (χ1) is 16.1. The Kier molecular flexibility index (Phi) is 7.76. The first kappa shape index (κ1) is 25.0. The summed E-state index contributed by atoms with van der Waals surface area (Å²) in [7, 11) is 0. The zero-order valence-electron chi connectivity index (χ0n) is 20.1. The molecule has 0 aliphatic rings. The highest BCUT2D eigenvalue weighted by Crippen LogP contribution is 2.30. The summed E-state index contributed by atoms with van der Waals surface area (Å²) in [4.78, 5) is 36.8. The molecule has 0 spiro atoms. The van der Waals surface area contributed by atoms with E-state index >= 15 is 0 Å². The van der Waals surface area contributed by atoms with Gasteiger partial charge in [0.2, 0.25) is 0 Å². The number of ether oxygens (including phenoxy) is 1. The van der Waals surface area contributed by atoms with Gasteiger partial charge in [0.05, 0.1) is 12.0 Å². The summed E-state index contributed by atoms with van der Waals surface area (Å²) in [5.41, 5.74) is 3.02. The van der Waals surface area contributed by atoms with Gasteiger partial charge >= 0.3 is 5.63 Å². The van der Waals surface area contributed by atoms with Gasteiger partial charge in [-0.3, -0.25) is 4.79 Å². The number of aliphatic carboxylic acids is 1. The highest BCUT2D eigenvalue weighted by Gasteiger charge is 2.24. The maximum atomic E-state index is 12.8. The standard InChI is InChI=1S/C27H31NO6/c1-6-15(2)23(26(30)31)28-25(29)18(5)33-22-13-12-20-16(3)21(14-19-10-8-7-9-11-19)27(32)34-24(20)17(22)4/h7-13,15,18,23H,6,14H2,1-5H3,(H,28,29)(H,30,31)/p-1/t15-,18+,23-/m0/s1. The van der Waals surface area contributed by atoms with E-state index in [4.69, 9.17) is 9.15 Å². The largest absolute Gasteiger partial charge is 0.548 e. The number of aryl methyl sites for hydroxylation is 2. The van der Waals surface area contributed by atoms with Gasteiger partial charge in [-0.2, -0.15) is 0 Å². The van der Waals surface area contributed by atoms with Crippen molar-refractivity contribution in [1.29, 1.82) is 0 Å². The summed E-state index contributed by atoms with van der Waals surface area (Å²) in [6.45, 7) is 8.75. The van der Waals surface area contributed by atoms with Gasteiger partial charge in [-0.15, -0.1) is 0 Å². The minimum Gasteiger partial charge on any atom is -0.548 e. The van der Waals surface area contributed by atoms with Crippen LogP contribution in [0.2, 0.25) is 0 Å². The average Bonchev–Trinajstić information content (AvgIpc) is 2.82. The van der Waals surface area contributed by atoms with Crippen LogP contribution in [0.4, 0.5) is 0 Å². The fourth-order valence-electron chi connectivity index (χ4n) is 3.89. The van der Waals surface area contributed by atoms with Gasteiger partial charge in [-0.25, -0.2) is 4.79 Å². The van der Waals surface area contributed by atoms with Crippen LogP contribution < -0.4 is 20.8 Å². The Morgan fingerprint density at radius 2 is 1.74 bits per heavy atom. The summed E-state index contributed by atoms with van der Waals surface area (Å²) in [6.07, 6.45) is 0.0740. The summed E-state index contributed by atoms with van der Waals surface area (Å²) in [6, 6.07) is 12.1. The summed E-state index contributed by atoms with van der Waals surface area (Å²) >= 11 is 0. The molecule has 3 aromatic rings. The van der Waals surface area contributed by atoms with Crippen molar-refractivity contribution in [3.05, 3.63) is 75.1 Å². The number of carboxylic acid groups (broad SMARTS) is 1. The number of fused-ring (bicyclic) bond motifs is 1. The van der Waals surface area contributed by atoms with E-state index < -0.39 is 29.6 Å². The lowest BCUT2D eigenvalue weighted by Gasteiger charge is -2.27. The fourth-order valence-corrected chi connectivity index (χ4v) is 3.89. The molecule has 2 aromatic carbocycles. The molecule has 7 nitrogen and oxygen atoms in total. The van der Waals surface area contributed by atoms with E-state index in [0.29, 0.717) is 35.3 Å². The molecule has 0 bridgehead atoms. The number of hydrogen-bond donors (Lipinski definition) is 1. The van der Waals surface area contributed by atoms with E-state index in [0.717, 1.165) is 16.5 Å². The van der Waals surface area contributed by atoms with Crippen LogP contribution in [-0.2, 0) is 16.0 Å². The van der Waals surface area contributed by atoms with Crippen LogP contribution in [0.25, 0.3) is 11.0 Å². The summed E-state index contributed by atoms with van der Waals surface area (Å²) in [5, 5.41) is 14.7. The van der Waals surface area contributed by atoms with Gasteiger partial charge in [-0.05, 0) is 49.9 Å². The highest BCUT2D eigenvalue weighted by molar-refractivity contribution is 5.87. The van der Waals surface area contributed by atoms with Crippen molar-refractivity contribution in [2.24, 2.45) is 5.92 Å². The predicted octanol–water partition coefficient (Wildman–Crippen LogP) is 3.05. The highest BCUT2D eigenvalue weighted by atomic mass is 16.5. The second-order valence-electron chi connectivity index (χ2n) is 8.67. The lowest BCUT2D eigenvalue weighted by Crippen LogP contribution is -2.54. The van der Waals surface area contributed by atoms with Crippen LogP contribution in [0.1, 0.15) is 49.4 Å². The number of carboxylic acids is 1. The number of nitrogens with one attached hydrogen (secondary N) is 1. The molecule has 0 saturated carbocycles. The normalized spacial score (nSPS) is 13.8. The summed E-state index contributed by atoms with van der Waals surface area (Å²) in [5.74, 6) is -1.81. The number of carbonyl (C=O) groups excluding carboxylic acids is 2. The molecule has 0 unspecified atom stereocenters. The molecule has 7 heteroatoms. The second kappa shape index (κ2) is 10.5. The SMILES string of the molecule is CC[C@H](C)[C@H](NC(=O)[C@@H](C)Oc1ccc2c(C)c(Cc3ccccc3)c(=O)oc2c1C)C(=O)[O-]. The Morgan fingerprint density at radius 1 is 1.06 bits per heavy atom. The van der Waals surface area contributed by atoms with Crippen molar-refractivity contribution in [2.75, 3.05) is 0 Å². The molecule has 0 saturated heterocycles. The zero-order chi connectivity index (χ0) is 25.0. The number of amides is 1. The van der Waals surface area contributed by atoms with Crippen LogP contribution in [0.15, 0.2) is 51.7 Å². The van der Waals surface area contributed by atoms with E-state index in [1.165, 1.54) is 6.92 Å². The van der Waals surface area contributed by atoms with Crippen molar-refractivity contribution in [3.63, 3.8) is 0 Å². The van der Waals surface area contributed by atoms with Crippen LogP contribution in [0.5, 0.6) is 5.75 Å². The molecule has 0 aliphatic heterocycles. The zero-order valence-corrected chi connectivity index (χ0v) is 20.1. The number of benzene rings is 2. The molecule has 3 rings (SSSR count). The molecule has 34 heavy (non-hydrogen) atoms. The Bertz CT molecular complexity index is 1250. The second-order valence-corrected chi connectivity index (χ2v) is 8.67. The number of carbonyl (C=O) groups is 2. The van der Waals surface area contributed by atoms with Crippen molar-refractivity contribution in [2.45, 2.75) is 59.6 Å². The van der Waals surface area contributed by atoms with E-state index in [-0.39, 0.29) is 5.92 Å². The molecular weight excluding hydrogens is 434 g/mol. The maximum Gasteiger partial charge on any atom is 0.340 e. The molecule has 1 amide bonds. The Labute approximate surface area is 198 Å². The number of hydrogen-bond acceptors (Lipinski definition) is 6. The Balaban J connectivity index is 1.86. The van der Waals surface area contributed by atoms with Crippen molar-refractivity contribution >= 4 is 22.8 Å². The predicted molar refractivity (Wildman–Crippen MR) is 128 cm³/mol. The molecule has 0 radical (unpaired) electrons. The third-order valence-corrected chi connectivity index (χ3v) is 6.32. The van der Waals surface area contributed by atoms with Crippen LogP contribution in [0.3, 0.4) is 0 Å². The van der Waals surface area contributed by atoms with Gasteiger partial charge in [0.15, 0.2) is 6.10 Å². The molecular formula is C27H30NO6-. The third kappa shape index (κ3) is 5.30. The van der Waals surface area contributed by atoms with E-state index in [1.807, 2.05) is 44.2 Å². The van der Waals surface area contributed by atoms with Crippen LogP contribution in [-0.4, -0.2) is 24.0 Å². The van der Waals surface area contributed by atoms with Crippen LogP contribution in [0, 0.1) is 19.8 Å². The third-order valence-electron chi connectivity index (χ3n) is 6.32. The fraction of sp³-hybridized carbons (Fsp3) is 0.370. The average molecular weight is 465 g/mol. The molecule has 1 N–H and O–H groups in total. The van der Waals surface area contributed by atoms with Crippen LogP contribution >= 0.6 is 0 Å².